The summed E-state index contributed by atoms with van der Waals surface area (Å²) in [6.07, 6.45) is -0.151. The molecule has 1 aromatic rings. The molecule has 1 aliphatic heterocycles. The number of ether oxygens (including phenoxy) is 2. The van der Waals surface area contributed by atoms with E-state index in [1.165, 1.54) is 11.0 Å². The van der Waals surface area contributed by atoms with E-state index in [2.05, 4.69) is 0 Å². The smallest absolute Gasteiger partial charge is 0.410 e. The van der Waals surface area contributed by atoms with E-state index in [-0.39, 0.29) is 11.9 Å². The zero-order valence-electron chi connectivity index (χ0n) is 12.4. The summed E-state index contributed by atoms with van der Waals surface area (Å²) in [5.41, 5.74) is -0.556. The van der Waals surface area contributed by atoms with Crippen LogP contribution in [-0.2, 0) is 4.74 Å². The van der Waals surface area contributed by atoms with Gasteiger partial charge >= 0.3 is 6.09 Å². The Morgan fingerprint density at radius 1 is 1.33 bits per heavy atom. The molecule has 2 rings (SSSR count). The molecule has 21 heavy (non-hydrogen) atoms. The number of nitrogens with zero attached hydrogens (tertiary/aromatic N) is 1. The minimum absolute atomic E-state index is 0.00700. The van der Waals surface area contributed by atoms with E-state index in [4.69, 9.17) is 9.47 Å². The minimum atomic E-state index is -0.745. The lowest BCUT2D eigenvalue weighted by atomic mass is 10.2. The standard InChI is InChI=1S/C15H19F2NO3/c1-15(2,3)21-14(19)18-7-6-11(9-18)20-13-5-4-10(16)8-12(13)17/h4-5,8,11H,6-7,9H2,1-3H3/t11-/m1/s1. The summed E-state index contributed by atoms with van der Waals surface area (Å²) in [7, 11) is 0. The first-order valence-corrected chi connectivity index (χ1v) is 6.84. The largest absolute Gasteiger partial charge is 0.485 e. The summed E-state index contributed by atoms with van der Waals surface area (Å²) < 4.78 is 37.1. The van der Waals surface area contributed by atoms with Gasteiger partial charge in [-0.2, -0.15) is 0 Å². The normalized spacial score (nSPS) is 18.7. The molecule has 1 heterocycles. The highest BCUT2D eigenvalue weighted by molar-refractivity contribution is 5.68. The number of halogens is 2. The number of benzene rings is 1. The van der Waals surface area contributed by atoms with Crippen molar-refractivity contribution in [2.24, 2.45) is 0 Å². The fourth-order valence-electron chi connectivity index (χ4n) is 2.07. The predicted molar refractivity (Wildman–Crippen MR) is 73.2 cm³/mol. The molecule has 4 nitrogen and oxygen atoms in total. The zero-order valence-corrected chi connectivity index (χ0v) is 12.4. The van der Waals surface area contributed by atoms with Gasteiger partial charge in [-0.15, -0.1) is 0 Å². The molecule has 1 amide bonds. The molecule has 0 saturated carbocycles. The summed E-state index contributed by atoms with van der Waals surface area (Å²) in [6.45, 7) is 6.20. The highest BCUT2D eigenvalue weighted by atomic mass is 19.1. The Kier molecular flexibility index (Phi) is 4.34. The molecule has 0 N–H and O–H groups in total. The molecular formula is C15H19F2NO3. The fraction of sp³-hybridized carbons (Fsp3) is 0.533. The summed E-state index contributed by atoms with van der Waals surface area (Å²) in [6, 6.07) is 3.16. The summed E-state index contributed by atoms with van der Waals surface area (Å²) in [5, 5.41) is 0. The number of carbonyl (C=O) groups is 1. The molecule has 1 atom stereocenters. The molecule has 1 aromatic carbocycles. The topological polar surface area (TPSA) is 38.8 Å². The summed E-state index contributed by atoms with van der Waals surface area (Å²) >= 11 is 0. The lowest BCUT2D eigenvalue weighted by Gasteiger charge is -2.24. The van der Waals surface area contributed by atoms with Crippen LogP contribution in [0.25, 0.3) is 0 Å². The van der Waals surface area contributed by atoms with Crippen molar-refractivity contribution >= 4 is 6.09 Å². The molecule has 0 aliphatic carbocycles. The average molecular weight is 299 g/mol. The first-order chi connectivity index (χ1) is 9.74. The third kappa shape index (κ3) is 4.31. The Bertz CT molecular complexity index is 528. The molecule has 116 valence electrons. The van der Waals surface area contributed by atoms with Crippen molar-refractivity contribution in [1.82, 2.24) is 4.90 Å². The maximum absolute atomic E-state index is 13.5. The second kappa shape index (κ2) is 5.87. The predicted octanol–water partition coefficient (Wildman–Crippen LogP) is 3.35. The first-order valence-electron chi connectivity index (χ1n) is 6.84. The van der Waals surface area contributed by atoms with Crippen molar-refractivity contribution in [3.8, 4) is 5.75 Å². The fourth-order valence-corrected chi connectivity index (χ4v) is 2.07. The quantitative estimate of drug-likeness (QED) is 0.840. The van der Waals surface area contributed by atoms with Gasteiger partial charge in [-0.3, -0.25) is 0 Å². The van der Waals surface area contributed by atoms with E-state index >= 15 is 0 Å². The Hall–Kier alpha value is -1.85. The molecule has 1 saturated heterocycles. The third-order valence-electron chi connectivity index (χ3n) is 2.98. The van der Waals surface area contributed by atoms with Crippen molar-refractivity contribution in [3.63, 3.8) is 0 Å². The Morgan fingerprint density at radius 2 is 2.05 bits per heavy atom. The van der Waals surface area contributed by atoms with E-state index in [0.29, 0.717) is 19.5 Å². The van der Waals surface area contributed by atoms with Crippen molar-refractivity contribution < 1.29 is 23.0 Å². The minimum Gasteiger partial charge on any atom is -0.485 e. The maximum Gasteiger partial charge on any atom is 0.410 e. The van der Waals surface area contributed by atoms with Crippen molar-refractivity contribution in [2.45, 2.75) is 38.9 Å². The van der Waals surface area contributed by atoms with Crippen LogP contribution in [-0.4, -0.2) is 35.8 Å². The molecule has 0 spiro atoms. The number of hydrogen-bond donors (Lipinski definition) is 0. The number of carbonyl (C=O) groups excluding carboxylic acids is 1. The summed E-state index contributed by atoms with van der Waals surface area (Å²) in [4.78, 5) is 13.4. The van der Waals surface area contributed by atoms with Crippen LogP contribution in [0.5, 0.6) is 5.75 Å². The second-order valence-electron chi connectivity index (χ2n) is 6.03. The van der Waals surface area contributed by atoms with Gasteiger partial charge in [0.25, 0.3) is 0 Å². The SMILES string of the molecule is CC(C)(C)OC(=O)N1CC[C@@H](Oc2ccc(F)cc2F)C1. The molecule has 0 aromatic heterocycles. The van der Waals surface area contributed by atoms with Gasteiger partial charge in [-0.1, -0.05) is 0 Å². The van der Waals surface area contributed by atoms with Gasteiger partial charge in [-0.25, -0.2) is 13.6 Å². The lowest BCUT2D eigenvalue weighted by molar-refractivity contribution is 0.0275. The van der Waals surface area contributed by atoms with Gasteiger partial charge in [0.15, 0.2) is 11.6 Å². The van der Waals surface area contributed by atoms with Crippen LogP contribution < -0.4 is 4.74 Å². The van der Waals surface area contributed by atoms with Crippen LogP contribution in [0.4, 0.5) is 13.6 Å². The summed E-state index contributed by atoms with van der Waals surface area (Å²) in [5.74, 6) is -1.40. The van der Waals surface area contributed by atoms with Crippen LogP contribution in [0.3, 0.4) is 0 Å². The van der Waals surface area contributed by atoms with Gasteiger partial charge in [-0.05, 0) is 32.9 Å². The highest BCUT2D eigenvalue weighted by Crippen LogP contribution is 2.23. The molecule has 0 radical (unpaired) electrons. The van der Waals surface area contributed by atoms with Crippen LogP contribution in [0.1, 0.15) is 27.2 Å². The van der Waals surface area contributed by atoms with Crippen LogP contribution in [0, 0.1) is 11.6 Å². The third-order valence-corrected chi connectivity index (χ3v) is 2.98. The monoisotopic (exact) mass is 299 g/mol. The molecule has 0 unspecified atom stereocenters. The van der Waals surface area contributed by atoms with E-state index in [1.807, 2.05) is 0 Å². The van der Waals surface area contributed by atoms with Gasteiger partial charge in [0, 0.05) is 19.0 Å². The highest BCUT2D eigenvalue weighted by Gasteiger charge is 2.31. The molecule has 0 bridgehead atoms. The average Bonchev–Trinajstić information content (AvgIpc) is 2.79. The lowest BCUT2D eigenvalue weighted by Crippen LogP contribution is -2.36. The maximum atomic E-state index is 13.5. The second-order valence-corrected chi connectivity index (χ2v) is 6.03. The van der Waals surface area contributed by atoms with E-state index in [1.54, 1.807) is 20.8 Å². The van der Waals surface area contributed by atoms with Gasteiger partial charge in [0.05, 0.1) is 6.54 Å². The van der Waals surface area contributed by atoms with Gasteiger partial charge in [0.1, 0.15) is 17.5 Å². The number of amides is 1. The molecular weight excluding hydrogens is 280 g/mol. The van der Waals surface area contributed by atoms with Gasteiger partial charge in [0.2, 0.25) is 0 Å². The van der Waals surface area contributed by atoms with E-state index in [9.17, 15) is 13.6 Å². The van der Waals surface area contributed by atoms with Crippen molar-refractivity contribution in [3.05, 3.63) is 29.8 Å². The Morgan fingerprint density at radius 3 is 2.67 bits per heavy atom. The first kappa shape index (κ1) is 15.5. The molecule has 6 heteroatoms. The zero-order chi connectivity index (χ0) is 15.6. The van der Waals surface area contributed by atoms with Gasteiger partial charge < -0.3 is 14.4 Å². The van der Waals surface area contributed by atoms with Crippen LogP contribution in [0.15, 0.2) is 18.2 Å². The number of hydrogen-bond acceptors (Lipinski definition) is 3. The molecule has 1 aliphatic rings. The molecule has 1 fully saturated rings. The number of rotatable bonds is 2. The Balaban J connectivity index is 1.92. The van der Waals surface area contributed by atoms with E-state index < -0.39 is 23.3 Å². The van der Waals surface area contributed by atoms with Crippen LogP contribution in [0.2, 0.25) is 0 Å². The number of likely N-dealkylation sites (tertiary alicyclic amines) is 1. The Labute approximate surface area is 122 Å². The van der Waals surface area contributed by atoms with Crippen molar-refractivity contribution in [1.29, 1.82) is 0 Å². The van der Waals surface area contributed by atoms with Crippen molar-refractivity contribution in [2.75, 3.05) is 13.1 Å². The van der Waals surface area contributed by atoms with Crippen LogP contribution >= 0.6 is 0 Å². The van der Waals surface area contributed by atoms with E-state index in [0.717, 1.165) is 12.1 Å².